The van der Waals surface area contributed by atoms with Crippen LogP contribution in [0.4, 0.5) is 0 Å². The highest BCUT2D eigenvalue weighted by Gasteiger charge is 2.37. The van der Waals surface area contributed by atoms with Gasteiger partial charge in [0, 0.05) is 26.3 Å². The lowest BCUT2D eigenvalue weighted by Gasteiger charge is -2.36. The summed E-state index contributed by atoms with van der Waals surface area (Å²) in [6.45, 7) is 26.3. The van der Waals surface area contributed by atoms with E-state index in [4.69, 9.17) is 8.85 Å². The van der Waals surface area contributed by atoms with E-state index in [1.54, 1.807) is 0 Å². The monoisotopic (exact) mass is 337 g/mol. The van der Waals surface area contributed by atoms with E-state index in [2.05, 4.69) is 73.0 Å². The summed E-state index contributed by atoms with van der Waals surface area (Å²) in [6, 6.07) is 0. The Balaban J connectivity index is 3.81. The van der Waals surface area contributed by atoms with Crippen LogP contribution < -0.4 is 5.32 Å². The van der Waals surface area contributed by atoms with Gasteiger partial charge in [0.1, 0.15) is 0 Å². The standard InChI is InChI=1S/C16H39NO2Si2/c1-15(2,3)20(7,8)18-13-11-17-12-14-19-21(9,10)16(4,5)6/h17H,11-14H2,1-10H3/i11+1,12+1,13+1,14+1. The average Bonchev–Trinajstić information content (AvgIpc) is 2.24. The van der Waals surface area contributed by atoms with Crippen molar-refractivity contribution in [3.05, 3.63) is 0 Å². The van der Waals surface area contributed by atoms with Gasteiger partial charge in [0.2, 0.25) is 0 Å². The summed E-state index contributed by atoms with van der Waals surface area (Å²) in [5, 5.41) is 4.01. The fraction of sp³-hybridized carbons (Fsp3) is 1.00. The molecular weight excluding hydrogens is 298 g/mol. The third-order valence-corrected chi connectivity index (χ3v) is 14.2. The molecule has 0 fully saturated rings. The fourth-order valence-electron chi connectivity index (χ4n) is 1.31. The van der Waals surface area contributed by atoms with Crippen LogP contribution in [0.3, 0.4) is 0 Å². The first kappa shape index (κ1) is 21.3. The van der Waals surface area contributed by atoms with Crippen molar-refractivity contribution >= 4 is 16.6 Å². The maximum absolute atomic E-state index is 6.14. The summed E-state index contributed by atoms with van der Waals surface area (Å²) < 4.78 is 12.3. The van der Waals surface area contributed by atoms with Gasteiger partial charge in [0.25, 0.3) is 0 Å². The zero-order chi connectivity index (χ0) is 16.9. The highest BCUT2D eigenvalue weighted by molar-refractivity contribution is 6.74. The Labute approximate surface area is 135 Å². The second kappa shape index (κ2) is 7.73. The molecule has 0 aromatic heterocycles. The highest BCUT2D eigenvalue weighted by Crippen LogP contribution is 2.37. The first-order valence-corrected chi connectivity index (χ1v) is 14.0. The molecule has 0 saturated carbocycles. The lowest BCUT2D eigenvalue weighted by Crippen LogP contribution is -2.43. The summed E-state index contributed by atoms with van der Waals surface area (Å²) in [7, 11) is -3.19. The molecule has 0 heterocycles. The van der Waals surface area contributed by atoms with Gasteiger partial charge in [-0.1, -0.05) is 41.5 Å². The van der Waals surface area contributed by atoms with Gasteiger partial charge in [-0.3, -0.25) is 0 Å². The molecule has 1 N–H and O–H groups in total. The number of rotatable bonds is 8. The quantitative estimate of drug-likeness (QED) is 0.398. The van der Waals surface area contributed by atoms with Crippen molar-refractivity contribution < 1.29 is 8.85 Å². The van der Waals surface area contributed by atoms with Crippen LogP contribution in [0.2, 0.25) is 36.3 Å². The molecule has 0 rings (SSSR count). The summed E-state index contributed by atoms with van der Waals surface area (Å²) in [5.74, 6) is 0. The van der Waals surface area contributed by atoms with Gasteiger partial charge in [0.15, 0.2) is 16.6 Å². The van der Waals surface area contributed by atoms with Crippen LogP contribution in [0, 0.1) is 0 Å². The minimum atomic E-state index is -1.59. The van der Waals surface area contributed by atoms with E-state index >= 15 is 0 Å². The largest absolute Gasteiger partial charge is 0.416 e. The first-order chi connectivity index (χ1) is 9.21. The van der Waals surface area contributed by atoms with Crippen LogP contribution in [0.15, 0.2) is 0 Å². The number of nitrogens with one attached hydrogen (secondary N) is 1. The van der Waals surface area contributed by atoms with Crippen molar-refractivity contribution in [1.82, 2.24) is 5.32 Å². The van der Waals surface area contributed by atoms with E-state index in [1.807, 2.05) is 0 Å². The third kappa shape index (κ3) is 7.41. The van der Waals surface area contributed by atoms with Gasteiger partial charge < -0.3 is 14.2 Å². The Hall–Kier alpha value is 0.314. The molecule has 0 amide bonds. The summed E-state index contributed by atoms with van der Waals surface area (Å²) >= 11 is 0. The highest BCUT2D eigenvalue weighted by atomic mass is 28.4. The van der Waals surface area contributed by atoms with Crippen molar-refractivity contribution in [2.75, 3.05) is 26.3 Å². The van der Waals surface area contributed by atoms with Gasteiger partial charge in [0.05, 0.1) is 0 Å². The lowest BCUT2D eigenvalue weighted by molar-refractivity contribution is 0.263. The van der Waals surface area contributed by atoms with Crippen molar-refractivity contribution in [3.63, 3.8) is 0 Å². The van der Waals surface area contributed by atoms with Gasteiger partial charge in [-0.15, -0.1) is 0 Å². The SMILES string of the molecule is CC(C)(C)[Si](C)(C)O[13CH2][13CH2]N[13CH2][13CH2]O[Si](C)(C)C(C)(C)C. The smallest absolute Gasteiger partial charge is 0.192 e. The van der Waals surface area contributed by atoms with E-state index in [1.165, 1.54) is 0 Å². The summed E-state index contributed by atoms with van der Waals surface area (Å²) in [4.78, 5) is 0. The minimum absolute atomic E-state index is 0.290. The Morgan fingerprint density at radius 3 is 1.19 bits per heavy atom. The molecule has 128 valence electrons. The van der Waals surface area contributed by atoms with Crippen LogP contribution in [0.1, 0.15) is 41.5 Å². The van der Waals surface area contributed by atoms with Crippen molar-refractivity contribution in [2.45, 2.75) is 77.8 Å². The molecule has 3 nitrogen and oxygen atoms in total. The zero-order valence-corrected chi connectivity index (χ0v) is 18.1. The maximum atomic E-state index is 6.14. The van der Waals surface area contributed by atoms with Gasteiger partial charge >= 0.3 is 0 Å². The van der Waals surface area contributed by atoms with E-state index in [0.717, 1.165) is 26.3 Å². The summed E-state index contributed by atoms with van der Waals surface area (Å²) in [6.07, 6.45) is 0. The normalized spacial score (nSPS) is 14.6. The van der Waals surface area contributed by atoms with E-state index in [0.29, 0.717) is 10.1 Å². The molecule has 0 atom stereocenters. The molecule has 5 heteroatoms. The number of hydrogen-bond donors (Lipinski definition) is 1. The molecule has 0 spiro atoms. The average molecular weight is 338 g/mol. The minimum Gasteiger partial charge on any atom is -0.416 e. The molecule has 0 radical (unpaired) electrons. The molecule has 0 unspecified atom stereocenters. The van der Waals surface area contributed by atoms with E-state index in [9.17, 15) is 0 Å². The fourth-order valence-corrected chi connectivity index (χ4v) is 3.41. The lowest BCUT2D eigenvalue weighted by atomic mass is 10.2. The van der Waals surface area contributed by atoms with E-state index < -0.39 is 16.6 Å². The Morgan fingerprint density at radius 1 is 0.667 bits per heavy atom. The van der Waals surface area contributed by atoms with Gasteiger partial charge in [-0.2, -0.15) is 0 Å². The summed E-state index contributed by atoms with van der Waals surface area (Å²) in [5.41, 5.74) is 0. The van der Waals surface area contributed by atoms with Crippen LogP contribution in [-0.2, 0) is 8.85 Å². The van der Waals surface area contributed by atoms with Crippen molar-refractivity contribution in [2.24, 2.45) is 0 Å². The maximum Gasteiger partial charge on any atom is 0.192 e. The third-order valence-electron chi connectivity index (χ3n) is 5.10. The second-order valence-corrected chi connectivity index (χ2v) is 18.6. The molecular formula is C16H39NO2Si2. The Morgan fingerprint density at radius 2 is 0.952 bits per heavy atom. The number of hydrogen-bond acceptors (Lipinski definition) is 3. The van der Waals surface area contributed by atoms with E-state index in [-0.39, 0.29) is 0 Å². The molecule has 0 aliphatic rings. The molecule has 21 heavy (non-hydrogen) atoms. The van der Waals surface area contributed by atoms with Crippen LogP contribution in [0.25, 0.3) is 0 Å². The first-order valence-electron chi connectivity index (χ1n) is 8.19. The molecule has 0 aliphatic carbocycles. The van der Waals surface area contributed by atoms with Gasteiger partial charge in [-0.05, 0) is 36.3 Å². The molecule has 0 bridgehead atoms. The van der Waals surface area contributed by atoms with Crippen LogP contribution in [-0.4, -0.2) is 42.9 Å². The molecule has 0 aliphatic heterocycles. The van der Waals surface area contributed by atoms with Gasteiger partial charge in [-0.25, -0.2) is 0 Å². The zero-order valence-electron chi connectivity index (χ0n) is 16.1. The predicted molar refractivity (Wildman–Crippen MR) is 99.2 cm³/mol. The molecule has 0 saturated heterocycles. The van der Waals surface area contributed by atoms with Crippen LogP contribution in [0.5, 0.6) is 0 Å². The van der Waals surface area contributed by atoms with Crippen molar-refractivity contribution in [1.29, 1.82) is 0 Å². The second-order valence-electron chi connectivity index (χ2n) is 8.97. The molecule has 0 aromatic rings. The topological polar surface area (TPSA) is 30.5 Å². The Bertz CT molecular complexity index is 274. The predicted octanol–water partition coefficient (Wildman–Crippen LogP) is 4.62. The molecule has 0 aromatic carbocycles. The van der Waals surface area contributed by atoms with Crippen LogP contribution >= 0.6 is 0 Å². The van der Waals surface area contributed by atoms with Crippen molar-refractivity contribution in [3.8, 4) is 0 Å². The Kier molecular flexibility index (Phi) is 7.84.